The van der Waals surface area contributed by atoms with Crippen molar-refractivity contribution in [2.75, 3.05) is 13.2 Å². The summed E-state index contributed by atoms with van der Waals surface area (Å²) in [6, 6.07) is 10.5. The van der Waals surface area contributed by atoms with Gasteiger partial charge in [0.05, 0.1) is 17.6 Å². The number of benzene rings is 2. The van der Waals surface area contributed by atoms with E-state index in [4.69, 9.17) is 16.3 Å². The van der Waals surface area contributed by atoms with Crippen LogP contribution in [0, 0.1) is 10.1 Å². The largest absolute Gasteiger partial charge is 0.494 e. The first-order valence-electron chi connectivity index (χ1n) is 8.53. The maximum atomic E-state index is 13.2. The number of rotatable bonds is 6. The van der Waals surface area contributed by atoms with Crippen LogP contribution in [0.5, 0.6) is 5.75 Å². The molecule has 1 saturated heterocycles. The van der Waals surface area contributed by atoms with Crippen molar-refractivity contribution >= 4 is 27.3 Å². The van der Waals surface area contributed by atoms with Crippen molar-refractivity contribution in [1.29, 1.82) is 0 Å². The molecule has 1 heterocycles. The number of ether oxygens (including phenoxy) is 1. The summed E-state index contributed by atoms with van der Waals surface area (Å²) < 4.78 is 33.1. The second-order valence-corrected chi connectivity index (χ2v) is 8.44. The number of nitro benzene ring substituents is 1. The van der Waals surface area contributed by atoms with Gasteiger partial charge in [0, 0.05) is 17.6 Å². The predicted octanol–water partition coefficient (Wildman–Crippen LogP) is 4.17. The van der Waals surface area contributed by atoms with E-state index in [9.17, 15) is 18.5 Å². The van der Waals surface area contributed by atoms with E-state index in [1.54, 1.807) is 12.1 Å². The fraction of sp³-hybridized carbons (Fsp3) is 0.333. The standard InChI is InChI=1S/C18H19ClN2O5S/c1-2-26-15-8-5-13(6-9-15)16-4-3-11-20(16)27(24,25)18-10-7-14(19)12-17(18)21(22)23/h5-10,12,16H,2-4,11H2,1H3. The summed E-state index contributed by atoms with van der Waals surface area (Å²) in [5.74, 6) is 0.710. The Labute approximate surface area is 162 Å². The second kappa shape index (κ2) is 7.84. The molecule has 1 fully saturated rings. The molecule has 0 aromatic heterocycles. The van der Waals surface area contributed by atoms with Crippen molar-refractivity contribution in [3.63, 3.8) is 0 Å². The number of sulfonamides is 1. The van der Waals surface area contributed by atoms with Gasteiger partial charge in [0.15, 0.2) is 4.90 Å². The van der Waals surface area contributed by atoms with Crippen molar-refractivity contribution in [2.24, 2.45) is 0 Å². The Kier molecular flexibility index (Phi) is 5.69. The molecule has 1 aliphatic rings. The van der Waals surface area contributed by atoms with Gasteiger partial charge in [-0.1, -0.05) is 23.7 Å². The summed E-state index contributed by atoms with van der Waals surface area (Å²) >= 11 is 5.81. The minimum Gasteiger partial charge on any atom is -0.494 e. The van der Waals surface area contributed by atoms with Crippen molar-refractivity contribution in [1.82, 2.24) is 4.31 Å². The lowest BCUT2D eigenvalue weighted by molar-refractivity contribution is -0.387. The molecule has 27 heavy (non-hydrogen) atoms. The monoisotopic (exact) mass is 410 g/mol. The van der Waals surface area contributed by atoms with Gasteiger partial charge in [-0.05, 0) is 49.6 Å². The Morgan fingerprint density at radius 3 is 2.59 bits per heavy atom. The molecule has 7 nitrogen and oxygen atoms in total. The lowest BCUT2D eigenvalue weighted by Gasteiger charge is -2.24. The molecule has 0 spiro atoms. The van der Waals surface area contributed by atoms with Gasteiger partial charge in [-0.2, -0.15) is 4.31 Å². The molecule has 2 aromatic carbocycles. The first-order valence-corrected chi connectivity index (χ1v) is 10.3. The minimum absolute atomic E-state index is 0.116. The molecule has 9 heteroatoms. The van der Waals surface area contributed by atoms with Crippen molar-refractivity contribution in [2.45, 2.75) is 30.7 Å². The lowest BCUT2D eigenvalue weighted by Crippen LogP contribution is -2.31. The zero-order valence-corrected chi connectivity index (χ0v) is 16.2. The number of hydrogen-bond donors (Lipinski definition) is 0. The fourth-order valence-corrected chi connectivity index (χ4v) is 5.28. The molecule has 3 rings (SSSR count). The summed E-state index contributed by atoms with van der Waals surface area (Å²) in [7, 11) is -4.05. The van der Waals surface area contributed by atoms with Crippen LogP contribution in [0.2, 0.25) is 5.02 Å². The highest BCUT2D eigenvalue weighted by molar-refractivity contribution is 7.89. The molecule has 0 saturated carbocycles. The predicted molar refractivity (Wildman–Crippen MR) is 102 cm³/mol. The smallest absolute Gasteiger partial charge is 0.290 e. The highest BCUT2D eigenvalue weighted by Crippen LogP contribution is 2.39. The van der Waals surface area contributed by atoms with Crippen LogP contribution in [0.1, 0.15) is 31.4 Å². The number of nitrogens with zero attached hydrogens (tertiary/aromatic N) is 2. The van der Waals surface area contributed by atoms with E-state index in [1.807, 2.05) is 19.1 Å². The van der Waals surface area contributed by atoms with Gasteiger partial charge < -0.3 is 4.74 Å². The Balaban J connectivity index is 1.98. The molecule has 0 aliphatic carbocycles. The van der Waals surface area contributed by atoms with Crippen LogP contribution in [0.15, 0.2) is 47.4 Å². The van der Waals surface area contributed by atoms with Crippen molar-refractivity contribution in [3.05, 3.63) is 63.2 Å². The summed E-state index contributed by atoms with van der Waals surface area (Å²) in [6.45, 7) is 2.74. The number of nitro groups is 1. The van der Waals surface area contributed by atoms with E-state index >= 15 is 0 Å². The van der Waals surface area contributed by atoms with Crippen LogP contribution in [0.25, 0.3) is 0 Å². The molecular formula is C18H19ClN2O5S. The van der Waals surface area contributed by atoms with Crippen LogP contribution in [0.3, 0.4) is 0 Å². The first kappa shape index (κ1) is 19.6. The maximum absolute atomic E-state index is 13.2. The van der Waals surface area contributed by atoms with Gasteiger partial charge in [-0.3, -0.25) is 10.1 Å². The zero-order valence-electron chi connectivity index (χ0n) is 14.7. The lowest BCUT2D eigenvalue weighted by atomic mass is 10.1. The van der Waals surface area contributed by atoms with E-state index < -0.39 is 20.6 Å². The molecule has 1 unspecified atom stereocenters. The van der Waals surface area contributed by atoms with Crippen LogP contribution in [-0.4, -0.2) is 30.8 Å². The van der Waals surface area contributed by atoms with Gasteiger partial charge in [-0.15, -0.1) is 0 Å². The fourth-order valence-electron chi connectivity index (χ4n) is 3.29. The summed E-state index contributed by atoms with van der Waals surface area (Å²) in [5.41, 5.74) is 0.316. The van der Waals surface area contributed by atoms with E-state index in [0.717, 1.165) is 11.6 Å². The van der Waals surface area contributed by atoms with Crippen LogP contribution >= 0.6 is 11.6 Å². The summed E-state index contributed by atoms with van der Waals surface area (Å²) in [4.78, 5) is 10.3. The van der Waals surface area contributed by atoms with E-state index in [2.05, 4.69) is 0 Å². The molecule has 0 N–H and O–H groups in total. The normalized spacial score (nSPS) is 17.8. The minimum atomic E-state index is -4.05. The van der Waals surface area contributed by atoms with Crippen molar-refractivity contribution < 1.29 is 18.1 Å². The third kappa shape index (κ3) is 3.92. The average molecular weight is 411 g/mol. The van der Waals surface area contributed by atoms with E-state index in [0.29, 0.717) is 31.7 Å². The third-order valence-corrected chi connectivity index (χ3v) is 6.67. The molecule has 0 radical (unpaired) electrons. The zero-order chi connectivity index (χ0) is 19.6. The van der Waals surface area contributed by atoms with Gasteiger partial charge in [0.1, 0.15) is 5.75 Å². The highest BCUT2D eigenvalue weighted by Gasteiger charge is 2.39. The quantitative estimate of drug-likeness (QED) is 0.526. The van der Waals surface area contributed by atoms with E-state index in [-0.39, 0.29) is 16.0 Å². The Hall–Kier alpha value is -2.16. The van der Waals surface area contributed by atoms with Crippen molar-refractivity contribution in [3.8, 4) is 5.75 Å². The van der Waals surface area contributed by atoms with Gasteiger partial charge >= 0.3 is 0 Å². The van der Waals surface area contributed by atoms with Crippen LogP contribution in [-0.2, 0) is 10.0 Å². The first-order chi connectivity index (χ1) is 12.8. The summed E-state index contributed by atoms with van der Waals surface area (Å²) in [5, 5.41) is 11.5. The van der Waals surface area contributed by atoms with Crippen LogP contribution in [0.4, 0.5) is 5.69 Å². The maximum Gasteiger partial charge on any atom is 0.290 e. The van der Waals surface area contributed by atoms with Gasteiger partial charge in [-0.25, -0.2) is 8.42 Å². The molecule has 0 amide bonds. The molecule has 0 bridgehead atoms. The Morgan fingerprint density at radius 2 is 1.96 bits per heavy atom. The van der Waals surface area contributed by atoms with Crippen LogP contribution < -0.4 is 4.74 Å². The second-order valence-electron chi connectivity index (χ2n) is 6.14. The highest BCUT2D eigenvalue weighted by atomic mass is 35.5. The molecular weight excluding hydrogens is 392 g/mol. The third-order valence-electron chi connectivity index (χ3n) is 4.48. The molecule has 2 aromatic rings. The average Bonchev–Trinajstić information content (AvgIpc) is 3.13. The number of halogens is 1. The Bertz CT molecular complexity index is 947. The molecule has 1 aliphatic heterocycles. The molecule has 1 atom stereocenters. The SMILES string of the molecule is CCOc1ccc(C2CCCN2S(=O)(=O)c2ccc(Cl)cc2[N+](=O)[O-])cc1. The Morgan fingerprint density at radius 1 is 1.26 bits per heavy atom. The molecule has 144 valence electrons. The topological polar surface area (TPSA) is 89.8 Å². The number of hydrogen-bond acceptors (Lipinski definition) is 5. The van der Waals surface area contributed by atoms with Gasteiger partial charge in [0.25, 0.3) is 5.69 Å². The van der Waals surface area contributed by atoms with E-state index in [1.165, 1.54) is 16.4 Å². The summed E-state index contributed by atoms with van der Waals surface area (Å²) in [6.07, 6.45) is 1.33. The van der Waals surface area contributed by atoms with Gasteiger partial charge in [0.2, 0.25) is 10.0 Å².